The minimum atomic E-state index is -1.18. The highest BCUT2D eigenvalue weighted by molar-refractivity contribution is 5.76. The number of benzene rings is 1. The molecule has 1 saturated heterocycles. The van der Waals surface area contributed by atoms with Crippen LogP contribution in [0.2, 0.25) is 0 Å². The van der Waals surface area contributed by atoms with Gasteiger partial charge in [0, 0.05) is 30.8 Å². The molecule has 0 aliphatic carbocycles. The number of hydrogen-bond donors (Lipinski definition) is 1. The molecule has 1 aromatic carbocycles. The molecule has 1 aromatic rings. The zero-order chi connectivity index (χ0) is 18.3. The molecule has 25 heavy (non-hydrogen) atoms. The zero-order valence-electron chi connectivity index (χ0n) is 14.1. The Morgan fingerprint density at radius 1 is 1.24 bits per heavy atom. The number of ether oxygens (including phenoxy) is 3. The summed E-state index contributed by atoms with van der Waals surface area (Å²) in [5, 5.41) is 2.40. The molecule has 1 fully saturated rings. The topological polar surface area (TPSA) is 56.8 Å². The fourth-order valence-corrected chi connectivity index (χ4v) is 2.44. The van der Waals surface area contributed by atoms with E-state index < -0.39 is 41.3 Å². The molecule has 2 rings (SSSR count). The average Bonchev–Trinajstić information content (AvgIpc) is 2.99. The molecule has 0 unspecified atom stereocenters. The summed E-state index contributed by atoms with van der Waals surface area (Å²) in [7, 11) is 0. The highest BCUT2D eigenvalue weighted by atomic mass is 19.1. The van der Waals surface area contributed by atoms with Crippen LogP contribution < -0.4 is 5.32 Å². The van der Waals surface area contributed by atoms with Gasteiger partial charge in [-0.1, -0.05) is 13.3 Å². The summed E-state index contributed by atoms with van der Waals surface area (Å²) in [5.41, 5.74) is -0.406. The van der Waals surface area contributed by atoms with E-state index in [4.69, 9.17) is 14.2 Å². The van der Waals surface area contributed by atoms with E-state index in [2.05, 4.69) is 5.32 Å². The predicted octanol–water partition coefficient (Wildman–Crippen LogP) is 2.67. The molecule has 0 atom stereocenters. The van der Waals surface area contributed by atoms with E-state index >= 15 is 0 Å². The summed E-state index contributed by atoms with van der Waals surface area (Å²) in [4.78, 5) is 12.1. The zero-order valence-corrected chi connectivity index (χ0v) is 14.1. The summed E-state index contributed by atoms with van der Waals surface area (Å²) in [6, 6.07) is 1.13. The van der Waals surface area contributed by atoms with E-state index in [9.17, 15) is 18.0 Å². The lowest BCUT2D eigenvalue weighted by Crippen LogP contribution is -2.41. The number of hydrogen-bond acceptors (Lipinski definition) is 4. The van der Waals surface area contributed by atoms with Gasteiger partial charge in [-0.25, -0.2) is 13.2 Å². The van der Waals surface area contributed by atoms with Crippen molar-refractivity contribution >= 4 is 5.91 Å². The fourth-order valence-electron chi connectivity index (χ4n) is 2.44. The predicted molar refractivity (Wildman–Crippen MR) is 83.1 cm³/mol. The van der Waals surface area contributed by atoms with E-state index in [0.29, 0.717) is 32.0 Å². The third-order valence-electron chi connectivity index (χ3n) is 3.78. The van der Waals surface area contributed by atoms with E-state index in [-0.39, 0.29) is 13.0 Å². The number of carbonyl (C=O) groups is 1. The summed E-state index contributed by atoms with van der Waals surface area (Å²) < 4.78 is 56.5. The fraction of sp³-hybridized carbons (Fsp3) is 0.588. The van der Waals surface area contributed by atoms with Crippen LogP contribution in [0.15, 0.2) is 12.1 Å². The Morgan fingerprint density at radius 2 is 1.88 bits per heavy atom. The summed E-state index contributed by atoms with van der Waals surface area (Å²) >= 11 is 0. The van der Waals surface area contributed by atoms with Gasteiger partial charge in [-0.3, -0.25) is 4.79 Å². The van der Waals surface area contributed by atoms with Gasteiger partial charge in [0.05, 0.1) is 19.6 Å². The quantitative estimate of drug-likeness (QED) is 0.687. The molecule has 1 amide bonds. The van der Waals surface area contributed by atoms with E-state index in [1.807, 2.05) is 6.92 Å². The van der Waals surface area contributed by atoms with E-state index in [1.165, 1.54) is 0 Å². The van der Waals surface area contributed by atoms with Crippen molar-refractivity contribution in [3.05, 3.63) is 35.1 Å². The molecule has 1 aliphatic heterocycles. The van der Waals surface area contributed by atoms with Crippen molar-refractivity contribution in [2.24, 2.45) is 0 Å². The number of amides is 1. The van der Waals surface area contributed by atoms with Crippen LogP contribution in [0.4, 0.5) is 13.2 Å². The molecule has 0 bridgehead atoms. The normalized spacial score (nSPS) is 16.2. The van der Waals surface area contributed by atoms with Crippen LogP contribution in [-0.4, -0.2) is 38.1 Å². The summed E-state index contributed by atoms with van der Waals surface area (Å²) in [5.74, 6) is -4.81. The second kappa shape index (κ2) is 9.17. The molecule has 0 aromatic heterocycles. The second-order valence-electron chi connectivity index (χ2n) is 5.82. The Balaban J connectivity index is 1.89. The third-order valence-corrected chi connectivity index (χ3v) is 3.78. The number of halogens is 3. The van der Waals surface area contributed by atoms with Gasteiger partial charge in [0.2, 0.25) is 11.7 Å². The molecule has 0 saturated carbocycles. The molecule has 5 nitrogen and oxygen atoms in total. The standard InChI is InChI=1S/C17H22F3NO4/c1-2-3-4-23-11-17(24-5-6-25-17)9-16(22)21-10-13-14(19)7-12(18)8-15(13)20/h7-8H,2-6,9-11H2,1H3,(H,21,22). The van der Waals surface area contributed by atoms with Crippen LogP contribution >= 0.6 is 0 Å². The first-order valence-electron chi connectivity index (χ1n) is 8.21. The molecule has 0 spiro atoms. The maximum atomic E-state index is 13.6. The first-order valence-corrected chi connectivity index (χ1v) is 8.21. The van der Waals surface area contributed by atoms with Gasteiger partial charge >= 0.3 is 0 Å². The SMILES string of the molecule is CCCCOCC1(CC(=O)NCc2c(F)cc(F)cc2F)OCCO1. The molecular formula is C17H22F3NO4. The van der Waals surface area contributed by atoms with E-state index in [0.717, 1.165) is 12.8 Å². The largest absolute Gasteiger partial charge is 0.376 e. The van der Waals surface area contributed by atoms with Crippen LogP contribution in [0.5, 0.6) is 0 Å². The van der Waals surface area contributed by atoms with Crippen LogP contribution in [0.3, 0.4) is 0 Å². The van der Waals surface area contributed by atoms with Crippen LogP contribution in [0, 0.1) is 17.5 Å². The number of nitrogens with one attached hydrogen (secondary N) is 1. The smallest absolute Gasteiger partial charge is 0.225 e. The van der Waals surface area contributed by atoms with Gasteiger partial charge in [-0.05, 0) is 6.42 Å². The highest BCUT2D eigenvalue weighted by Crippen LogP contribution is 2.24. The monoisotopic (exact) mass is 361 g/mol. The molecule has 1 N–H and O–H groups in total. The Bertz CT molecular complexity index is 568. The maximum absolute atomic E-state index is 13.6. The average molecular weight is 361 g/mol. The van der Waals surface area contributed by atoms with Crippen LogP contribution in [0.1, 0.15) is 31.7 Å². The van der Waals surface area contributed by atoms with Crippen LogP contribution in [0.25, 0.3) is 0 Å². The first-order chi connectivity index (χ1) is 12.0. The van der Waals surface area contributed by atoms with Crippen LogP contribution in [-0.2, 0) is 25.5 Å². The maximum Gasteiger partial charge on any atom is 0.225 e. The van der Waals surface area contributed by atoms with Crippen molar-refractivity contribution in [2.75, 3.05) is 26.4 Å². The number of unbranched alkanes of at least 4 members (excludes halogenated alkanes) is 1. The van der Waals surface area contributed by atoms with E-state index in [1.54, 1.807) is 0 Å². The molecule has 8 heteroatoms. The lowest BCUT2D eigenvalue weighted by atomic mass is 10.1. The van der Waals surface area contributed by atoms with Crippen molar-refractivity contribution in [2.45, 2.75) is 38.5 Å². The van der Waals surface area contributed by atoms with Crippen molar-refractivity contribution in [3.63, 3.8) is 0 Å². The highest BCUT2D eigenvalue weighted by Gasteiger charge is 2.39. The first kappa shape index (κ1) is 19.7. The summed E-state index contributed by atoms with van der Waals surface area (Å²) in [6.07, 6.45) is 1.69. The van der Waals surface area contributed by atoms with Crippen molar-refractivity contribution in [1.82, 2.24) is 5.32 Å². The van der Waals surface area contributed by atoms with Gasteiger partial charge in [-0.15, -0.1) is 0 Å². The molecule has 140 valence electrons. The molecule has 1 aliphatic rings. The molecule has 0 radical (unpaired) electrons. The number of rotatable bonds is 9. The third kappa shape index (κ3) is 5.69. The van der Waals surface area contributed by atoms with Crippen molar-refractivity contribution < 1.29 is 32.2 Å². The Labute approximate surface area is 144 Å². The minimum absolute atomic E-state index is 0.0969. The van der Waals surface area contributed by atoms with Gasteiger partial charge in [0.25, 0.3) is 0 Å². The van der Waals surface area contributed by atoms with Gasteiger partial charge in [-0.2, -0.15) is 0 Å². The van der Waals surface area contributed by atoms with Gasteiger partial charge in [0.15, 0.2) is 0 Å². The second-order valence-corrected chi connectivity index (χ2v) is 5.82. The molecule has 1 heterocycles. The number of carbonyl (C=O) groups excluding carboxylic acids is 1. The van der Waals surface area contributed by atoms with Crippen molar-refractivity contribution in [3.8, 4) is 0 Å². The summed E-state index contributed by atoms with van der Waals surface area (Å²) in [6.45, 7) is 2.93. The lowest BCUT2D eigenvalue weighted by Gasteiger charge is -2.26. The van der Waals surface area contributed by atoms with Crippen molar-refractivity contribution in [1.29, 1.82) is 0 Å². The minimum Gasteiger partial charge on any atom is -0.376 e. The van der Waals surface area contributed by atoms with Gasteiger partial charge < -0.3 is 19.5 Å². The lowest BCUT2D eigenvalue weighted by molar-refractivity contribution is -0.199. The Hall–Kier alpha value is -1.64. The molecular weight excluding hydrogens is 339 g/mol. The Kier molecular flexibility index (Phi) is 7.22. The van der Waals surface area contributed by atoms with Gasteiger partial charge in [0.1, 0.15) is 24.1 Å². The Morgan fingerprint density at radius 3 is 2.48 bits per heavy atom.